The van der Waals surface area contributed by atoms with Crippen molar-refractivity contribution in [3.63, 3.8) is 0 Å². The Hall–Kier alpha value is -0.800. The van der Waals surface area contributed by atoms with Gasteiger partial charge in [-0.3, -0.25) is 0 Å². The van der Waals surface area contributed by atoms with Gasteiger partial charge < -0.3 is 9.64 Å². The van der Waals surface area contributed by atoms with E-state index in [1.165, 1.54) is 0 Å². The molecular formula is C12H19ClN2O. The van der Waals surface area contributed by atoms with Gasteiger partial charge in [-0.05, 0) is 19.2 Å². The van der Waals surface area contributed by atoms with E-state index in [0.29, 0.717) is 18.4 Å². The maximum atomic E-state index is 5.70. The molecule has 16 heavy (non-hydrogen) atoms. The average Bonchev–Trinajstić information content (AvgIpc) is 2.35. The highest BCUT2D eigenvalue weighted by Gasteiger charge is 2.01. The molecule has 0 spiro atoms. The largest absolute Gasteiger partial charge is 0.476 e. The van der Waals surface area contributed by atoms with Crippen LogP contribution in [-0.4, -0.2) is 36.1 Å². The first kappa shape index (κ1) is 13.3. The second kappa shape index (κ2) is 7.47. The Bertz CT molecular complexity index is 303. The number of rotatable bonds is 7. The fourth-order valence-electron chi connectivity index (χ4n) is 1.43. The monoisotopic (exact) mass is 242 g/mol. The second-order valence-electron chi connectivity index (χ2n) is 3.48. The Balaban J connectivity index is 2.36. The number of likely N-dealkylation sites (N-methyl/N-ethyl adjacent to an activating group) is 1. The van der Waals surface area contributed by atoms with Crippen LogP contribution in [0.15, 0.2) is 18.2 Å². The van der Waals surface area contributed by atoms with Crippen molar-refractivity contribution < 1.29 is 4.74 Å². The zero-order valence-electron chi connectivity index (χ0n) is 9.95. The van der Waals surface area contributed by atoms with Crippen molar-refractivity contribution in [2.24, 2.45) is 0 Å². The summed E-state index contributed by atoms with van der Waals surface area (Å²) in [5.41, 5.74) is 0.849. The Labute approximate surface area is 102 Å². The second-order valence-corrected chi connectivity index (χ2v) is 3.74. The minimum atomic E-state index is 0.424. The molecule has 0 aromatic carbocycles. The third-order valence-corrected chi connectivity index (χ3v) is 2.74. The van der Waals surface area contributed by atoms with Crippen LogP contribution in [-0.2, 0) is 5.88 Å². The lowest BCUT2D eigenvalue weighted by Crippen LogP contribution is -2.28. The fourth-order valence-corrected chi connectivity index (χ4v) is 1.58. The fraction of sp³-hybridized carbons (Fsp3) is 0.583. The molecule has 0 fully saturated rings. The molecule has 0 atom stereocenters. The molecule has 1 rings (SSSR count). The summed E-state index contributed by atoms with van der Waals surface area (Å²) in [5.74, 6) is 1.08. The van der Waals surface area contributed by atoms with Crippen LogP contribution in [0.25, 0.3) is 0 Å². The standard InChI is InChI=1S/C12H19ClN2O/c1-3-15(4-2)8-9-16-12-7-5-6-11(10-13)14-12/h5-7H,3-4,8-10H2,1-2H3. The molecule has 0 saturated heterocycles. The van der Waals surface area contributed by atoms with Crippen LogP contribution in [0.1, 0.15) is 19.5 Å². The number of aromatic nitrogens is 1. The minimum Gasteiger partial charge on any atom is -0.476 e. The number of ether oxygens (including phenoxy) is 1. The zero-order valence-corrected chi connectivity index (χ0v) is 10.7. The molecule has 1 heterocycles. The average molecular weight is 243 g/mol. The maximum Gasteiger partial charge on any atom is 0.213 e. The lowest BCUT2D eigenvalue weighted by atomic mass is 10.4. The highest BCUT2D eigenvalue weighted by molar-refractivity contribution is 6.16. The Morgan fingerprint density at radius 1 is 1.31 bits per heavy atom. The molecule has 0 bridgehead atoms. The van der Waals surface area contributed by atoms with Gasteiger partial charge in [0.05, 0.1) is 11.6 Å². The van der Waals surface area contributed by atoms with E-state index < -0.39 is 0 Å². The number of hydrogen-bond donors (Lipinski definition) is 0. The molecule has 1 aromatic heterocycles. The first-order chi connectivity index (χ1) is 7.80. The Morgan fingerprint density at radius 2 is 2.06 bits per heavy atom. The molecule has 4 heteroatoms. The lowest BCUT2D eigenvalue weighted by Gasteiger charge is -2.17. The third-order valence-electron chi connectivity index (χ3n) is 2.47. The van der Waals surface area contributed by atoms with Gasteiger partial charge in [-0.15, -0.1) is 11.6 Å². The molecule has 0 N–H and O–H groups in total. The number of halogens is 1. The summed E-state index contributed by atoms with van der Waals surface area (Å²) >= 11 is 5.70. The van der Waals surface area contributed by atoms with E-state index >= 15 is 0 Å². The van der Waals surface area contributed by atoms with Gasteiger partial charge in [0.2, 0.25) is 5.88 Å². The van der Waals surface area contributed by atoms with Crippen LogP contribution in [0, 0.1) is 0 Å². The van der Waals surface area contributed by atoms with E-state index in [1.807, 2.05) is 18.2 Å². The van der Waals surface area contributed by atoms with E-state index in [1.54, 1.807) is 0 Å². The van der Waals surface area contributed by atoms with Crippen LogP contribution in [0.2, 0.25) is 0 Å². The van der Waals surface area contributed by atoms with Gasteiger partial charge >= 0.3 is 0 Å². The molecule has 0 amide bonds. The molecule has 0 aliphatic rings. The summed E-state index contributed by atoms with van der Waals surface area (Å²) in [7, 11) is 0. The molecule has 1 aromatic rings. The Morgan fingerprint density at radius 3 is 2.69 bits per heavy atom. The molecule has 3 nitrogen and oxygen atoms in total. The van der Waals surface area contributed by atoms with Gasteiger partial charge in [0.1, 0.15) is 6.61 Å². The van der Waals surface area contributed by atoms with Crippen molar-refractivity contribution in [1.29, 1.82) is 0 Å². The molecule has 0 aliphatic heterocycles. The van der Waals surface area contributed by atoms with Gasteiger partial charge in [-0.25, -0.2) is 4.98 Å². The summed E-state index contributed by atoms with van der Waals surface area (Å²) < 4.78 is 5.57. The molecule has 0 radical (unpaired) electrons. The van der Waals surface area contributed by atoms with Crippen LogP contribution in [0.3, 0.4) is 0 Å². The Kier molecular flexibility index (Phi) is 6.19. The number of alkyl halides is 1. The first-order valence-electron chi connectivity index (χ1n) is 5.67. The van der Waals surface area contributed by atoms with E-state index in [4.69, 9.17) is 16.3 Å². The van der Waals surface area contributed by atoms with Crippen molar-refractivity contribution in [3.05, 3.63) is 23.9 Å². The van der Waals surface area contributed by atoms with Crippen molar-refractivity contribution in [1.82, 2.24) is 9.88 Å². The summed E-state index contributed by atoms with van der Waals surface area (Å²) in [6, 6.07) is 5.67. The first-order valence-corrected chi connectivity index (χ1v) is 6.20. The van der Waals surface area contributed by atoms with Crippen molar-refractivity contribution in [2.75, 3.05) is 26.2 Å². The molecule has 0 unspecified atom stereocenters. The normalized spacial score (nSPS) is 10.8. The van der Waals surface area contributed by atoms with Gasteiger partial charge in [0.15, 0.2) is 0 Å². The summed E-state index contributed by atoms with van der Waals surface area (Å²) in [6.45, 7) is 8.00. The van der Waals surface area contributed by atoms with Crippen molar-refractivity contribution in [3.8, 4) is 5.88 Å². The van der Waals surface area contributed by atoms with Crippen LogP contribution < -0.4 is 4.74 Å². The van der Waals surface area contributed by atoms with Crippen LogP contribution in [0.5, 0.6) is 5.88 Å². The topological polar surface area (TPSA) is 25.4 Å². The summed E-state index contributed by atoms with van der Waals surface area (Å²) in [5, 5.41) is 0. The maximum absolute atomic E-state index is 5.70. The van der Waals surface area contributed by atoms with E-state index in [-0.39, 0.29) is 0 Å². The predicted molar refractivity (Wildman–Crippen MR) is 67.1 cm³/mol. The smallest absolute Gasteiger partial charge is 0.213 e. The van der Waals surface area contributed by atoms with Gasteiger partial charge in [-0.2, -0.15) is 0 Å². The zero-order chi connectivity index (χ0) is 11.8. The number of nitrogens with zero attached hydrogens (tertiary/aromatic N) is 2. The molecule has 90 valence electrons. The van der Waals surface area contributed by atoms with Crippen LogP contribution >= 0.6 is 11.6 Å². The summed E-state index contributed by atoms with van der Waals surface area (Å²) in [4.78, 5) is 6.58. The van der Waals surface area contributed by atoms with E-state index in [9.17, 15) is 0 Å². The minimum absolute atomic E-state index is 0.424. The third kappa shape index (κ3) is 4.37. The quantitative estimate of drug-likeness (QED) is 0.687. The molecular weight excluding hydrogens is 224 g/mol. The van der Waals surface area contributed by atoms with Gasteiger partial charge in [0, 0.05) is 12.6 Å². The SMILES string of the molecule is CCN(CC)CCOc1cccc(CCl)n1. The highest BCUT2D eigenvalue weighted by Crippen LogP contribution is 2.09. The van der Waals surface area contributed by atoms with E-state index in [0.717, 1.165) is 25.3 Å². The number of pyridine rings is 1. The van der Waals surface area contributed by atoms with Crippen LogP contribution in [0.4, 0.5) is 0 Å². The molecule has 0 aliphatic carbocycles. The highest BCUT2D eigenvalue weighted by atomic mass is 35.5. The lowest BCUT2D eigenvalue weighted by molar-refractivity contribution is 0.217. The van der Waals surface area contributed by atoms with Gasteiger partial charge in [0.25, 0.3) is 0 Å². The van der Waals surface area contributed by atoms with E-state index in [2.05, 4.69) is 23.7 Å². The number of hydrogen-bond acceptors (Lipinski definition) is 3. The van der Waals surface area contributed by atoms with Gasteiger partial charge in [-0.1, -0.05) is 19.9 Å². The summed E-state index contributed by atoms with van der Waals surface area (Å²) in [6.07, 6.45) is 0. The van der Waals surface area contributed by atoms with Crippen molar-refractivity contribution in [2.45, 2.75) is 19.7 Å². The predicted octanol–water partition coefficient (Wildman–Crippen LogP) is 2.54. The van der Waals surface area contributed by atoms with Crippen molar-refractivity contribution >= 4 is 11.6 Å². The molecule has 0 saturated carbocycles.